The molecule has 1 fully saturated rings. The third-order valence-electron chi connectivity index (χ3n) is 6.14. The number of benzene rings is 2. The maximum atomic E-state index is 12.9. The Morgan fingerprint density at radius 1 is 1.11 bits per heavy atom. The predicted octanol–water partition coefficient (Wildman–Crippen LogP) is 4.61. The summed E-state index contributed by atoms with van der Waals surface area (Å²) < 4.78 is 8.92. The molecule has 0 atom stereocenters. The zero-order chi connectivity index (χ0) is 24.2. The monoisotopic (exact) mass is 490 g/mol. The van der Waals surface area contributed by atoms with E-state index in [9.17, 15) is 4.79 Å². The van der Waals surface area contributed by atoms with Gasteiger partial charge in [0.2, 0.25) is 0 Å². The summed E-state index contributed by atoms with van der Waals surface area (Å²) in [5.41, 5.74) is 1.95. The van der Waals surface area contributed by atoms with Crippen LogP contribution in [0.3, 0.4) is 0 Å². The van der Waals surface area contributed by atoms with Crippen molar-refractivity contribution in [1.82, 2.24) is 25.0 Å². The molecule has 3 heterocycles. The number of thiophene rings is 1. The van der Waals surface area contributed by atoms with Gasteiger partial charge < -0.3 is 19.9 Å². The Labute approximate surface area is 209 Å². The van der Waals surface area contributed by atoms with Crippen molar-refractivity contribution in [2.75, 3.05) is 37.7 Å². The first-order chi connectivity index (χ1) is 17.1. The van der Waals surface area contributed by atoms with Crippen molar-refractivity contribution in [3.05, 3.63) is 65.6 Å². The van der Waals surface area contributed by atoms with Gasteiger partial charge in [-0.05, 0) is 49.9 Å². The maximum Gasteiger partial charge on any atom is 0.317 e. The zero-order valence-electron chi connectivity index (χ0n) is 20.1. The Bertz CT molecular complexity index is 1280. The highest BCUT2D eigenvalue weighted by Crippen LogP contribution is 2.29. The second-order valence-corrected chi connectivity index (χ2v) is 9.73. The third-order valence-corrected chi connectivity index (χ3v) is 7.25. The number of carbonyl (C=O) groups excluding carboxylic acids is 1. The van der Waals surface area contributed by atoms with E-state index in [0.29, 0.717) is 19.7 Å². The number of urea groups is 1. The molecule has 4 aromatic rings. The van der Waals surface area contributed by atoms with Crippen molar-refractivity contribution in [1.29, 1.82) is 0 Å². The summed E-state index contributed by atoms with van der Waals surface area (Å²) in [6, 6.07) is 16.6. The lowest BCUT2D eigenvalue weighted by atomic mass is 10.2. The van der Waals surface area contributed by atoms with Gasteiger partial charge in [-0.1, -0.05) is 18.2 Å². The largest absolute Gasteiger partial charge is 0.492 e. The second kappa shape index (κ2) is 10.4. The third kappa shape index (κ3) is 5.24. The van der Waals surface area contributed by atoms with Crippen molar-refractivity contribution >= 4 is 33.1 Å². The Hall–Kier alpha value is -3.59. The molecule has 0 spiro atoms. The number of anilines is 1. The number of rotatable bonds is 6. The van der Waals surface area contributed by atoms with Crippen molar-refractivity contribution in [2.45, 2.75) is 26.8 Å². The lowest BCUT2D eigenvalue weighted by molar-refractivity contribution is 0.201. The van der Waals surface area contributed by atoms with Crippen LogP contribution >= 0.6 is 11.3 Å². The first-order valence-corrected chi connectivity index (χ1v) is 12.8. The number of hydrogen-bond acceptors (Lipinski definition) is 6. The molecular weight excluding hydrogens is 460 g/mol. The molecule has 9 heteroatoms. The zero-order valence-corrected chi connectivity index (χ0v) is 20.9. The number of amides is 2. The number of fused-ring (bicyclic) bond motifs is 1. The van der Waals surface area contributed by atoms with E-state index in [2.05, 4.69) is 50.6 Å². The van der Waals surface area contributed by atoms with Crippen LogP contribution in [0.5, 0.6) is 5.75 Å². The van der Waals surface area contributed by atoms with E-state index in [1.54, 1.807) is 22.3 Å². The number of aryl methyl sites for hydroxylation is 1. The Balaban J connectivity index is 1.22. The highest BCUT2D eigenvalue weighted by atomic mass is 32.1. The summed E-state index contributed by atoms with van der Waals surface area (Å²) in [5, 5.41) is 8.76. The molecule has 35 heavy (non-hydrogen) atoms. The minimum Gasteiger partial charge on any atom is -0.492 e. The molecule has 5 rings (SSSR count). The molecule has 182 valence electrons. The molecule has 0 saturated carbocycles. The fraction of sp³-hybridized carbons (Fsp3) is 0.346. The van der Waals surface area contributed by atoms with Crippen molar-refractivity contribution < 1.29 is 9.53 Å². The Morgan fingerprint density at radius 3 is 2.80 bits per heavy atom. The van der Waals surface area contributed by atoms with Crippen molar-refractivity contribution in [3.8, 4) is 11.4 Å². The van der Waals surface area contributed by atoms with Gasteiger partial charge in [0.05, 0.1) is 13.2 Å². The minimum atomic E-state index is -0.00351. The van der Waals surface area contributed by atoms with Gasteiger partial charge in [0.25, 0.3) is 0 Å². The van der Waals surface area contributed by atoms with Gasteiger partial charge in [-0.2, -0.15) is 5.10 Å². The van der Waals surface area contributed by atoms with Crippen LogP contribution in [0, 0.1) is 6.92 Å². The van der Waals surface area contributed by atoms with E-state index in [1.807, 2.05) is 36.9 Å². The van der Waals surface area contributed by atoms with E-state index in [-0.39, 0.29) is 6.03 Å². The normalized spacial score (nSPS) is 14.2. The lowest BCUT2D eigenvalue weighted by Gasteiger charge is -2.25. The van der Waals surface area contributed by atoms with Crippen LogP contribution in [-0.4, -0.2) is 58.5 Å². The van der Waals surface area contributed by atoms with Crippen LogP contribution in [0.2, 0.25) is 0 Å². The average Bonchev–Trinajstić information content (AvgIpc) is 3.40. The Kier molecular flexibility index (Phi) is 6.85. The molecule has 8 nitrogen and oxygen atoms in total. The maximum absolute atomic E-state index is 12.9. The summed E-state index contributed by atoms with van der Waals surface area (Å²) in [4.78, 5) is 22.5. The van der Waals surface area contributed by atoms with Gasteiger partial charge in [0.1, 0.15) is 23.6 Å². The van der Waals surface area contributed by atoms with E-state index in [1.165, 1.54) is 15.0 Å². The van der Waals surface area contributed by atoms with Gasteiger partial charge in [0.15, 0.2) is 0 Å². The number of nitrogens with zero attached hydrogens (tertiary/aromatic N) is 5. The molecule has 1 N–H and O–H groups in total. The van der Waals surface area contributed by atoms with Gasteiger partial charge in [0, 0.05) is 47.5 Å². The SMILES string of the molecule is CCOc1cc(N2CCCN(C(=O)NCc3cc4ccccc4s3)CC2)ccc1-n1cnc(C)n1. The number of aromatic nitrogens is 3. The molecule has 1 aliphatic heterocycles. The molecule has 0 radical (unpaired) electrons. The number of carbonyl (C=O) groups is 1. The van der Waals surface area contributed by atoms with Crippen LogP contribution in [0.15, 0.2) is 54.9 Å². The molecule has 0 unspecified atom stereocenters. The molecule has 1 saturated heterocycles. The molecular formula is C26H30N6O2S. The van der Waals surface area contributed by atoms with E-state index < -0.39 is 0 Å². The van der Waals surface area contributed by atoms with Crippen LogP contribution in [-0.2, 0) is 6.54 Å². The first kappa shape index (κ1) is 23.2. The molecule has 2 aromatic carbocycles. The van der Waals surface area contributed by atoms with Crippen LogP contribution in [0.4, 0.5) is 10.5 Å². The van der Waals surface area contributed by atoms with Crippen molar-refractivity contribution in [2.24, 2.45) is 0 Å². The number of hydrogen-bond donors (Lipinski definition) is 1. The number of nitrogens with one attached hydrogen (secondary N) is 1. The average molecular weight is 491 g/mol. The Morgan fingerprint density at radius 2 is 2.00 bits per heavy atom. The predicted molar refractivity (Wildman–Crippen MR) is 140 cm³/mol. The van der Waals surface area contributed by atoms with Crippen LogP contribution in [0.25, 0.3) is 15.8 Å². The van der Waals surface area contributed by atoms with E-state index >= 15 is 0 Å². The molecule has 1 aliphatic rings. The van der Waals surface area contributed by atoms with Crippen LogP contribution in [0.1, 0.15) is 24.0 Å². The van der Waals surface area contributed by atoms with Gasteiger partial charge in [-0.15, -0.1) is 11.3 Å². The lowest BCUT2D eigenvalue weighted by Crippen LogP contribution is -2.41. The molecule has 0 aliphatic carbocycles. The fourth-order valence-electron chi connectivity index (χ4n) is 4.40. The second-order valence-electron chi connectivity index (χ2n) is 8.56. The summed E-state index contributed by atoms with van der Waals surface area (Å²) in [5.74, 6) is 1.49. The van der Waals surface area contributed by atoms with Gasteiger partial charge in [-0.3, -0.25) is 0 Å². The first-order valence-electron chi connectivity index (χ1n) is 12.0. The smallest absolute Gasteiger partial charge is 0.317 e. The topological polar surface area (TPSA) is 75.5 Å². The van der Waals surface area contributed by atoms with Gasteiger partial charge >= 0.3 is 6.03 Å². The summed E-state index contributed by atoms with van der Waals surface area (Å²) in [6.07, 6.45) is 2.61. The highest BCUT2D eigenvalue weighted by molar-refractivity contribution is 7.19. The standard InChI is InChI=1S/C26H30N6O2S/c1-3-34-24-16-21(9-10-23(24)32-18-28-19(2)29-32)30-11-6-12-31(14-13-30)26(33)27-17-22-15-20-7-4-5-8-25(20)35-22/h4-5,7-10,15-16,18H,3,6,11-14,17H2,1-2H3,(H,27,33). The summed E-state index contributed by atoms with van der Waals surface area (Å²) >= 11 is 1.73. The quantitative estimate of drug-likeness (QED) is 0.427. The summed E-state index contributed by atoms with van der Waals surface area (Å²) in [6.45, 7) is 8.03. The highest BCUT2D eigenvalue weighted by Gasteiger charge is 2.20. The number of ether oxygens (including phenoxy) is 1. The van der Waals surface area contributed by atoms with Crippen LogP contribution < -0.4 is 15.0 Å². The fourth-order valence-corrected chi connectivity index (χ4v) is 5.40. The summed E-state index contributed by atoms with van der Waals surface area (Å²) in [7, 11) is 0. The molecule has 0 bridgehead atoms. The minimum absolute atomic E-state index is 0.00351. The molecule has 2 aromatic heterocycles. The van der Waals surface area contributed by atoms with E-state index in [0.717, 1.165) is 49.0 Å². The van der Waals surface area contributed by atoms with Crippen molar-refractivity contribution in [3.63, 3.8) is 0 Å². The molecule has 2 amide bonds. The van der Waals surface area contributed by atoms with Gasteiger partial charge in [-0.25, -0.2) is 14.5 Å². The van der Waals surface area contributed by atoms with E-state index in [4.69, 9.17) is 4.74 Å².